The Morgan fingerprint density at radius 2 is 1.87 bits per heavy atom. The summed E-state index contributed by atoms with van der Waals surface area (Å²) in [5.74, 6) is -0.689. The van der Waals surface area contributed by atoms with E-state index in [1.54, 1.807) is 12.1 Å². The van der Waals surface area contributed by atoms with Crippen LogP contribution in [0.15, 0.2) is 17.7 Å². The van der Waals surface area contributed by atoms with Gasteiger partial charge in [0, 0.05) is 0 Å². The van der Waals surface area contributed by atoms with Crippen LogP contribution in [0, 0.1) is 28.5 Å². The van der Waals surface area contributed by atoms with Crippen molar-refractivity contribution >= 4 is 29.3 Å². The Kier molecular flexibility index (Phi) is 3.68. The summed E-state index contributed by atoms with van der Waals surface area (Å²) in [6.45, 7) is 0. The lowest BCUT2D eigenvalue weighted by atomic mass is 10.1. The first-order valence-corrected chi connectivity index (χ1v) is 4.50. The number of hydrogen-bond acceptors (Lipinski definition) is 2. The lowest BCUT2D eigenvalue weighted by molar-refractivity contribution is 0.628. The van der Waals surface area contributed by atoms with Gasteiger partial charge in [-0.25, -0.2) is 4.39 Å². The van der Waals surface area contributed by atoms with Gasteiger partial charge in [0.25, 0.3) is 0 Å². The molecule has 0 aliphatic carbocycles. The van der Waals surface area contributed by atoms with Gasteiger partial charge in [-0.1, -0.05) is 23.2 Å². The van der Waals surface area contributed by atoms with E-state index >= 15 is 0 Å². The number of rotatable bonds is 1. The van der Waals surface area contributed by atoms with E-state index in [0.717, 1.165) is 6.07 Å². The van der Waals surface area contributed by atoms with E-state index in [2.05, 4.69) is 0 Å². The highest BCUT2D eigenvalue weighted by Gasteiger charge is 2.06. The summed E-state index contributed by atoms with van der Waals surface area (Å²) in [5, 5.41) is 16.8. The van der Waals surface area contributed by atoms with Crippen LogP contribution in [-0.2, 0) is 0 Å². The van der Waals surface area contributed by atoms with Crippen LogP contribution in [0.3, 0.4) is 0 Å². The first-order chi connectivity index (χ1) is 7.08. The molecule has 0 aliphatic heterocycles. The highest BCUT2D eigenvalue weighted by Crippen LogP contribution is 2.27. The summed E-state index contributed by atoms with van der Waals surface area (Å²) >= 11 is 11.1. The summed E-state index contributed by atoms with van der Waals surface area (Å²) in [7, 11) is 0. The normalized spacial score (nSPS) is 8.87. The lowest BCUT2D eigenvalue weighted by Crippen LogP contribution is -1.83. The number of nitrogens with zero attached hydrogens (tertiary/aromatic N) is 2. The smallest absolute Gasteiger partial charge is 0.143 e. The van der Waals surface area contributed by atoms with E-state index in [0.29, 0.717) is 5.56 Å². The van der Waals surface area contributed by atoms with Crippen LogP contribution in [0.5, 0.6) is 0 Å². The third-order valence-electron chi connectivity index (χ3n) is 1.56. The number of nitriles is 2. The molecular formula is C10H3Cl2FN2. The summed E-state index contributed by atoms with van der Waals surface area (Å²) in [5.41, 5.74) is 0.188. The van der Waals surface area contributed by atoms with Crippen molar-refractivity contribution in [3.05, 3.63) is 39.1 Å². The molecule has 0 aliphatic rings. The number of allylic oxidation sites excluding steroid dienone is 1. The second-order valence-electron chi connectivity index (χ2n) is 2.58. The molecule has 74 valence electrons. The summed E-state index contributed by atoms with van der Waals surface area (Å²) in [6.07, 6.45) is 1.23. The highest BCUT2D eigenvalue weighted by molar-refractivity contribution is 6.42. The maximum absolute atomic E-state index is 13.1. The van der Waals surface area contributed by atoms with Gasteiger partial charge < -0.3 is 0 Å². The topological polar surface area (TPSA) is 47.6 Å². The molecule has 0 radical (unpaired) electrons. The Labute approximate surface area is 95.8 Å². The zero-order valence-electron chi connectivity index (χ0n) is 7.26. The molecule has 0 saturated heterocycles. The maximum atomic E-state index is 13.1. The Morgan fingerprint density at radius 1 is 1.27 bits per heavy atom. The van der Waals surface area contributed by atoms with E-state index in [1.807, 2.05) is 0 Å². The fourth-order valence-corrected chi connectivity index (χ4v) is 1.24. The monoisotopic (exact) mass is 240 g/mol. The molecule has 0 N–H and O–H groups in total. The Balaban J connectivity index is 3.26. The van der Waals surface area contributed by atoms with Crippen molar-refractivity contribution in [3.63, 3.8) is 0 Å². The molecule has 2 nitrogen and oxygen atoms in total. The quantitative estimate of drug-likeness (QED) is 0.557. The second kappa shape index (κ2) is 4.79. The van der Waals surface area contributed by atoms with Gasteiger partial charge in [0.15, 0.2) is 0 Å². The molecular weight excluding hydrogens is 238 g/mol. The fraction of sp³-hybridized carbons (Fsp3) is 0. The zero-order valence-corrected chi connectivity index (χ0v) is 8.77. The van der Waals surface area contributed by atoms with Crippen molar-refractivity contribution in [2.24, 2.45) is 0 Å². The van der Waals surface area contributed by atoms with Crippen LogP contribution in [0.2, 0.25) is 10.0 Å². The van der Waals surface area contributed by atoms with E-state index in [9.17, 15) is 4.39 Å². The van der Waals surface area contributed by atoms with E-state index in [4.69, 9.17) is 33.7 Å². The number of halogens is 3. The van der Waals surface area contributed by atoms with Crippen molar-refractivity contribution < 1.29 is 4.39 Å². The average molecular weight is 241 g/mol. The minimum absolute atomic E-state index is 0.0400. The number of hydrogen-bond donors (Lipinski definition) is 0. The van der Waals surface area contributed by atoms with Crippen LogP contribution >= 0.6 is 23.2 Å². The van der Waals surface area contributed by atoms with Crippen LogP contribution < -0.4 is 0 Å². The summed E-state index contributed by atoms with van der Waals surface area (Å²) < 4.78 is 13.1. The van der Waals surface area contributed by atoms with Gasteiger partial charge in [-0.15, -0.1) is 0 Å². The SMILES string of the molecule is N#CC(C#N)=Cc1cc(F)c(Cl)c(Cl)c1. The minimum Gasteiger partial charge on any atom is -0.205 e. The molecule has 1 rings (SSSR count). The molecule has 0 fully saturated rings. The molecule has 1 aromatic carbocycles. The van der Waals surface area contributed by atoms with Crippen molar-refractivity contribution in [1.29, 1.82) is 10.5 Å². The highest BCUT2D eigenvalue weighted by atomic mass is 35.5. The van der Waals surface area contributed by atoms with Gasteiger partial charge in [0.2, 0.25) is 0 Å². The predicted octanol–water partition coefficient (Wildman–Crippen LogP) is 3.56. The molecule has 0 unspecified atom stereocenters. The Morgan fingerprint density at radius 3 is 2.33 bits per heavy atom. The van der Waals surface area contributed by atoms with Gasteiger partial charge in [-0.05, 0) is 23.8 Å². The largest absolute Gasteiger partial charge is 0.205 e. The van der Waals surface area contributed by atoms with Crippen LogP contribution in [0.25, 0.3) is 6.08 Å². The number of benzene rings is 1. The van der Waals surface area contributed by atoms with Crippen molar-refractivity contribution in [2.45, 2.75) is 0 Å². The Hall–Kier alpha value is -1.55. The standard InChI is InChI=1S/C10H3Cl2FN2/c11-8-2-6(1-7(4-14)5-15)3-9(13)10(8)12/h1-3H. The minimum atomic E-state index is -0.689. The molecule has 0 atom stereocenters. The summed E-state index contributed by atoms with van der Waals surface area (Å²) in [6, 6.07) is 5.79. The molecule has 15 heavy (non-hydrogen) atoms. The van der Waals surface area contributed by atoms with Gasteiger partial charge in [-0.3, -0.25) is 0 Å². The van der Waals surface area contributed by atoms with E-state index in [-0.39, 0.29) is 15.6 Å². The fourth-order valence-electron chi connectivity index (χ4n) is 0.915. The molecule has 0 spiro atoms. The van der Waals surface area contributed by atoms with Crippen molar-refractivity contribution in [1.82, 2.24) is 0 Å². The van der Waals surface area contributed by atoms with Gasteiger partial charge in [0.1, 0.15) is 23.5 Å². The molecule has 5 heteroatoms. The van der Waals surface area contributed by atoms with Crippen LogP contribution in [0.4, 0.5) is 4.39 Å². The first-order valence-electron chi connectivity index (χ1n) is 3.75. The van der Waals surface area contributed by atoms with Gasteiger partial charge in [0.05, 0.1) is 10.0 Å². The lowest BCUT2D eigenvalue weighted by Gasteiger charge is -1.99. The average Bonchev–Trinajstić information content (AvgIpc) is 2.22. The van der Waals surface area contributed by atoms with Crippen molar-refractivity contribution in [2.75, 3.05) is 0 Å². The third kappa shape index (κ3) is 2.70. The molecule has 0 heterocycles. The second-order valence-corrected chi connectivity index (χ2v) is 3.37. The third-order valence-corrected chi connectivity index (χ3v) is 2.34. The molecule has 0 bridgehead atoms. The van der Waals surface area contributed by atoms with Crippen LogP contribution in [0.1, 0.15) is 5.56 Å². The predicted molar refractivity (Wildman–Crippen MR) is 55.6 cm³/mol. The van der Waals surface area contributed by atoms with Gasteiger partial charge >= 0.3 is 0 Å². The van der Waals surface area contributed by atoms with E-state index < -0.39 is 5.82 Å². The molecule has 0 aromatic heterocycles. The van der Waals surface area contributed by atoms with Crippen molar-refractivity contribution in [3.8, 4) is 12.1 Å². The molecule has 1 aromatic rings. The maximum Gasteiger partial charge on any atom is 0.143 e. The zero-order chi connectivity index (χ0) is 11.4. The Bertz CT molecular complexity index is 470. The molecule has 0 amide bonds. The molecule has 0 saturated carbocycles. The first kappa shape index (κ1) is 11.5. The van der Waals surface area contributed by atoms with E-state index in [1.165, 1.54) is 12.1 Å². The van der Waals surface area contributed by atoms with Crippen LogP contribution in [-0.4, -0.2) is 0 Å². The van der Waals surface area contributed by atoms with Gasteiger partial charge in [-0.2, -0.15) is 10.5 Å². The summed E-state index contributed by atoms with van der Waals surface area (Å²) in [4.78, 5) is 0.